The molecule has 0 aromatic carbocycles. The van der Waals surface area contributed by atoms with Crippen LogP contribution in [0.3, 0.4) is 0 Å². The van der Waals surface area contributed by atoms with Crippen LogP contribution >= 0.6 is 0 Å². The van der Waals surface area contributed by atoms with E-state index in [0.29, 0.717) is 0 Å². The van der Waals surface area contributed by atoms with Crippen LogP contribution in [0.2, 0.25) is 0 Å². The summed E-state index contributed by atoms with van der Waals surface area (Å²) in [5, 5.41) is 51.4. The number of aliphatic hydroxyl groups is 4. The number of fused-ring (bicyclic) bond motifs is 1. The largest absolute Gasteiger partial charge is 1.00 e. The predicted octanol–water partition coefficient (Wildman–Crippen LogP) is -8.34. The van der Waals surface area contributed by atoms with Gasteiger partial charge in [-0.2, -0.15) is 8.42 Å². The third-order valence-corrected chi connectivity index (χ3v) is 5.17. The number of aliphatic imine (C=N–C) groups is 1. The van der Waals surface area contributed by atoms with Gasteiger partial charge in [-0.25, -0.2) is 9.18 Å². The first-order valence-electron chi connectivity index (χ1n) is 8.61. The predicted molar refractivity (Wildman–Crippen MR) is 86.7 cm³/mol. The minimum absolute atomic E-state index is 0. The standard InChI is InChI=1S/C14H21NO14S.Na/c1-3-15-5-10(6(16)4(27-13(5)26-3)2-25-30(22,23)24)28-14-9(19)7(17)8(18)11(29-14)12(20)21;/h4-11,13-14,16-19H,2H2,1H3,(H,20,21)(H,22,23,24);/q;+1/p-1/t4-,5-,6+,7+,8+,9-,10-,11+,13+,14-;/m1./s1. The van der Waals surface area contributed by atoms with Crippen molar-refractivity contribution >= 4 is 22.3 Å². The van der Waals surface area contributed by atoms with Crippen LogP contribution in [-0.2, 0) is 38.3 Å². The molecule has 0 unspecified atom stereocenters. The fraction of sp³-hybridized carbons (Fsp3) is 0.857. The number of carboxylic acids is 1. The van der Waals surface area contributed by atoms with Crippen molar-refractivity contribution in [1.82, 2.24) is 0 Å². The van der Waals surface area contributed by atoms with E-state index in [2.05, 4.69) is 9.18 Å². The summed E-state index contributed by atoms with van der Waals surface area (Å²) in [4.78, 5) is 15.2. The van der Waals surface area contributed by atoms with Crippen LogP contribution in [0.5, 0.6) is 0 Å². The molecule has 2 fully saturated rings. The average Bonchev–Trinajstić information content (AvgIpc) is 3.01. The number of hydrogen-bond acceptors (Lipinski definition) is 14. The first kappa shape index (κ1) is 26.8. The van der Waals surface area contributed by atoms with Gasteiger partial charge in [-0.3, -0.25) is 4.55 Å². The van der Waals surface area contributed by atoms with Crippen LogP contribution in [0, 0.1) is 0 Å². The van der Waals surface area contributed by atoms with Gasteiger partial charge >= 0.3 is 40.0 Å². The summed E-state index contributed by atoms with van der Waals surface area (Å²) in [6.45, 7) is 0.607. The summed E-state index contributed by atoms with van der Waals surface area (Å²) in [7, 11) is -4.86. The van der Waals surface area contributed by atoms with Gasteiger partial charge in [0.15, 0.2) is 12.2 Å². The van der Waals surface area contributed by atoms with E-state index in [1.807, 2.05) is 0 Å². The molecule has 0 aromatic heterocycles. The van der Waals surface area contributed by atoms with Gasteiger partial charge in [0.05, 0.1) is 12.6 Å². The summed E-state index contributed by atoms with van der Waals surface area (Å²) in [5.41, 5.74) is 0. The van der Waals surface area contributed by atoms with E-state index in [-0.39, 0.29) is 35.5 Å². The molecule has 3 aliphatic heterocycles. The van der Waals surface area contributed by atoms with Crippen LogP contribution < -0.4 is 34.7 Å². The summed E-state index contributed by atoms with van der Waals surface area (Å²) >= 11 is 0. The maximum absolute atomic E-state index is 11.1. The number of rotatable bonds is 6. The van der Waals surface area contributed by atoms with Gasteiger partial charge in [-0.1, -0.05) is 0 Å². The van der Waals surface area contributed by atoms with E-state index < -0.39 is 84.3 Å². The molecule has 10 atom stereocenters. The number of nitrogens with zero attached hydrogens (tertiary/aromatic N) is 1. The van der Waals surface area contributed by atoms with Crippen LogP contribution in [0.15, 0.2) is 4.99 Å². The molecule has 0 saturated carbocycles. The molecule has 31 heavy (non-hydrogen) atoms. The van der Waals surface area contributed by atoms with E-state index in [0.717, 1.165) is 0 Å². The van der Waals surface area contributed by atoms with Gasteiger partial charge in [-0.15, -0.1) is 0 Å². The third-order valence-electron chi connectivity index (χ3n) is 4.73. The third kappa shape index (κ3) is 5.91. The molecule has 0 radical (unpaired) electrons. The van der Waals surface area contributed by atoms with Gasteiger partial charge in [0, 0.05) is 6.92 Å². The molecule has 0 spiro atoms. The molecule has 172 valence electrons. The molecule has 15 nitrogen and oxygen atoms in total. The number of aliphatic carboxylic acids is 1. The summed E-state index contributed by atoms with van der Waals surface area (Å²) in [6.07, 6.45) is -15.5. The first-order chi connectivity index (χ1) is 13.9. The average molecular weight is 481 g/mol. The van der Waals surface area contributed by atoms with Gasteiger partial charge in [0.2, 0.25) is 6.29 Å². The molecule has 3 aliphatic rings. The van der Waals surface area contributed by atoms with Crippen LogP contribution in [0.25, 0.3) is 0 Å². The zero-order valence-electron chi connectivity index (χ0n) is 16.2. The number of carbonyl (C=O) groups excluding carboxylic acids is 1. The van der Waals surface area contributed by atoms with Gasteiger partial charge in [-0.05, 0) is 0 Å². The van der Waals surface area contributed by atoms with E-state index in [4.69, 9.17) is 23.5 Å². The molecule has 2 saturated heterocycles. The second-order valence-corrected chi connectivity index (χ2v) is 7.91. The Morgan fingerprint density at radius 2 is 1.77 bits per heavy atom. The van der Waals surface area contributed by atoms with Crippen molar-refractivity contribution in [1.29, 1.82) is 0 Å². The SMILES string of the molecule is CC1=N[C@H]2[C@@H](O1)O[C@H](COS(=O)(=O)O)[C@H](O)[C@@H]2O[C@@H]1O[C@H](C(=O)[O-])[C@@H](O)[C@H](O)[C@H]1O.[Na+]. The Labute approximate surface area is 197 Å². The van der Waals surface area contributed by atoms with E-state index in [1.165, 1.54) is 6.92 Å². The molecule has 0 aromatic rings. The molecule has 5 N–H and O–H groups in total. The summed E-state index contributed by atoms with van der Waals surface area (Å²) in [6, 6.07) is -1.05. The zero-order chi connectivity index (χ0) is 22.4. The Morgan fingerprint density at radius 3 is 2.35 bits per heavy atom. The number of ether oxygens (including phenoxy) is 4. The second-order valence-electron chi connectivity index (χ2n) is 6.82. The monoisotopic (exact) mass is 481 g/mol. The van der Waals surface area contributed by atoms with Crippen LogP contribution in [0.4, 0.5) is 0 Å². The maximum Gasteiger partial charge on any atom is 1.00 e. The Bertz CT molecular complexity index is 794. The van der Waals surface area contributed by atoms with Gasteiger partial charge in [0.1, 0.15) is 48.8 Å². The fourth-order valence-corrected chi connectivity index (χ4v) is 3.61. The van der Waals surface area contributed by atoms with Crippen LogP contribution in [0.1, 0.15) is 6.92 Å². The molecule has 0 aliphatic carbocycles. The molecule has 3 rings (SSSR count). The number of carboxylic acid groups (broad SMARTS) is 1. The van der Waals surface area contributed by atoms with E-state index >= 15 is 0 Å². The van der Waals surface area contributed by atoms with E-state index in [9.17, 15) is 38.7 Å². The van der Waals surface area contributed by atoms with Crippen molar-refractivity contribution in [2.45, 2.75) is 68.3 Å². The van der Waals surface area contributed by atoms with Gasteiger partial charge in [0.25, 0.3) is 0 Å². The Hall–Kier alpha value is -0.470. The molecule has 17 heteroatoms. The molecule has 3 heterocycles. The number of aliphatic hydroxyl groups excluding tert-OH is 4. The topological polar surface area (TPSA) is 234 Å². The smallest absolute Gasteiger partial charge is 0.547 e. The van der Waals surface area contributed by atoms with Crippen molar-refractivity contribution in [3.05, 3.63) is 0 Å². The minimum atomic E-state index is -4.86. The zero-order valence-corrected chi connectivity index (χ0v) is 19.1. The number of carbonyl (C=O) groups is 1. The van der Waals surface area contributed by atoms with Crippen molar-refractivity contribution in [2.75, 3.05) is 6.61 Å². The number of hydrogen-bond donors (Lipinski definition) is 5. The first-order valence-corrected chi connectivity index (χ1v) is 9.98. The molecule has 0 bridgehead atoms. The summed E-state index contributed by atoms with van der Waals surface area (Å²) < 4.78 is 55.6. The second kappa shape index (κ2) is 10.2. The maximum atomic E-state index is 11.1. The summed E-state index contributed by atoms with van der Waals surface area (Å²) in [5.74, 6) is -1.76. The Morgan fingerprint density at radius 1 is 1.13 bits per heavy atom. The Balaban J connectivity index is 0.00000341. The quantitative estimate of drug-likeness (QED) is 0.175. The van der Waals surface area contributed by atoms with Crippen molar-refractivity contribution in [3.8, 4) is 0 Å². The minimum Gasteiger partial charge on any atom is -0.547 e. The normalized spacial score (nSPS) is 42.7. The molecule has 0 amide bonds. The van der Waals surface area contributed by atoms with Crippen molar-refractivity contribution < 1.29 is 96.0 Å². The van der Waals surface area contributed by atoms with Crippen molar-refractivity contribution in [3.63, 3.8) is 0 Å². The van der Waals surface area contributed by atoms with Crippen LogP contribution in [-0.4, -0.2) is 113 Å². The molecular weight excluding hydrogens is 461 g/mol. The van der Waals surface area contributed by atoms with Crippen molar-refractivity contribution in [2.24, 2.45) is 4.99 Å². The molecular formula is C14H20NNaO14S. The van der Waals surface area contributed by atoms with E-state index in [1.54, 1.807) is 0 Å². The Kier molecular flexibility index (Phi) is 8.82. The fourth-order valence-electron chi connectivity index (χ4n) is 3.30. The van der Waals surface area contributed by atoms with Gasteiger partial charge < -0.3 is 49.3 Å².